The molecule has 0 radical (unpaired) electrons. The number of nitrogens with one attached hydrogen (secondary N) is 2. The van der Waals surface area contributed by atoms with Crippen LogP contribution < -0.4 is 10.6 Å². The number of fused-ring (bicyclic) bond motifs is 6. The lowest BCUT2D eigenvalue weighted by atomic mass is 9.62. The first-order chi connectivity index (χ1) is 28.3. The third kappa shape index (κ3) is 8.07. The molecule has 10 atom stereocenters. The summed E-state index contributed by atoms with van der Waals surface area (Å²) in [5.41, 5.74) is 2.17. The van der Waals surface area contributed by atoms with Gasteiger partial charge in [0.05, 0.1) is 31.4 Å². The number of ether oxygens (including phenoxy) is 5. The molecule has 1 spiro atoms. The molecule has 4 aliphatic heterocycles. The molecule has 14 heteroatoms. The van der Waals surface area contributed by atoms with Gasteiger partial charge in [-0.15, -0.1) is 0 Å². The lowest BCUT2D eigenvalue weighted by Crippen LogP contribution is -2.69. The molecule has 4 saturated heterocycles. The summed E-state index contributed by atoms with van der Waals surface area (Å²) in [5.74, 6) is -2.31. The maximum Gasteiger partial charge on any atom is 0.327 e. The number of hydrogen-bond donors (Lipinski definition) is 3. The van der Waals surface area contributed by atoms with Crippen LogP contribution in [0.25, 0.3) is 6.08 Å². The van der Waals surface area contributed by atoms with Crippen molar-refractivity contribution in [3.05, 3.63) is 76.9 Å². The number of hydroxylamine groups is 2. The van der Waals surface area contributed by atoms with Crippen molar-refractivity contribution in [3.8, 4) is 0 Å². The van der Waals surface area contributed by atoms with Crippen molar-refractivity contribution < 1.29 is 52.8 Å². The standard InChI is InChI=1S/C45H55N3O11/c1-43(2,3)56-36(51)17-15-31(25-49)47-35(50)18-19-46-42(53)45-23-34-37-38(58-44(57-37)21-29-6-4-5-7-30(29)22-44)40(45)59-48(39(45)41(52)55-34)24-28-12-9-26(10-13-28)8-11-27-14-16-32-33(20-27)54-32/h4-13,27,31-34,37-40,49H,14-25H2,1-3H3,(H,46,53)(H,47,50)/t27?,31-,32?,33?,34+,37-,38-,39-,40+,45-/m0/s1. The number of benzene rings is 2. The number of amides is 2. The van der Waals surface area contributed by atoms with Crippen LogP contribution >= 0.6 is 0 Å². The molecule has 2 amide bonds. The van der Waals surface area contributed by atoms with Gasteiger partial charge in [0.2, 0.25) is 11.8 Å². The average Bonchev–Trinajstić information content (AvgIpc) is 3.54. The highest BCUT2D eigenvalue weighted by Crippen LogP contribution is 2.58. The molecule has 6 fully saturated rings. The van der Waals surface area contributed by atoms with Crippen molar-refractivity contribution in [1.29, 1.82) is 0 Å². The zero-order chi connectivity index (χ0) is 41.1. The van der Waals surface area contributed by atoms with Gasteiger partial charge in [-0.25, -0.2) is 0 Å². The number of carbonyl (C=O) groups excluding carboxylic acids is 4. The number of carbonyl (C=O) groups is 4. The summed E-state index contributed by atoms with van der Waals surface area (Å²) >= 11 is 0. The largest absolute Gasteiger partial charge is 0.460 e. The van der Waals surface area contributed by atoms with Gasteiger partial charge in [0.15, 0.2) is 11.8 Å². The first-order valence-electron chi connectivity index (χ1n) is 21.2. The Morgan fingerprint density at radius 1 is 0.983 bits per heavy atom. The number of hydrogen-bond acceptors (Lipinski definition) is 12. The van der Waals surface area contributed by atoms with Gasteiger partial charge in [0, 0.05) is 38.6 Å². The Balaban J connectivity index is 0.901. The first-order valence-corrected chi connectivity index (χ1v) is 21.2. The molecule has 2 saturated carbocycles. The van der Waals surface area contributed by atoms with Gasteiger partial charge >= 0.3 is 11.9 Å². The van der Waals surface area contributed by atoms with Crippen LogP contribution in [0.2, 0.25) is 0 Å². The van der Waals surface area contributed by atoms with Crippen molar-refractivity contribution in [2.45, 2.75) is 145 Å². The molecule has 14 nitrogen and oxygen atoms in total. The number of rotatable bonds is 13. The van der Waals surface area contributed by atoms with Gasteiger partial charge in [-0.2, -0.15) is 5.06 Å². The molecule has 3 aliphatic carbocycles. The highest BCUT2D eigenvalue weighted by atomic mass is 16.8. The van der Waals surface area contributed by atoms with E-state index in [1.165, 1.54) is 0 Å². The number of allylic oxidation sites excluding steroid dienone is 1. The minimum absolute atomic E-state index is 0.0262. The molecular weight excluding hydrogens is 759 g/mol. The fraction of sp³-hybridized carbons (Fsp3) is 0.600. The van der Waals surface area contributed by atoms with E-state index >= 15 is 0 Å². The molecule has 0 aromatic heterocycles. The minimum Gasteiger partial charge on any atom is -0.460 e. The van der Waals surface area contributed by atoms with Crippen molar-refractivity contribution in [3.63, 3.8) is 0 Å². The topological polar surface area (TPSA) is 174 Å². The molecular formula is C45H55N3O11. The Morgan fingerprint density at radius 2 is 1.73 bits per heavy atom. The minimum atomic E-state index is -1.40. The predicted octanol–water partition coefficient (Wildman–Crippen LogP) is 3.45. The molecule has 2 bridgehead atoms. The molecule has 2 aromatic rings. The molecule has 7 aliphatic rings. The zero-order valence-electron chi connectivity index (χ0n) is 33.9. The van der Waals surface area contributed by atoms with Gasteiger partial charge in [-0.3, -0.25) is 24.0 Å². The number of nitrogens with zero attached hydrogens (tertiary/aromatic N) is 1. The Labute approximate surface area is 344 Å². The van der Waals surface area contributed by atoms with Crippen LogP contribution in [0, 0.1) is 11.3 Å². The van der Waals surface area contributed by atoms with Gasteiger partial charge in [-0.1, -0.05) is 60.7 Å². The van der Waals surface area contributed by atoms with E-state index in [4.69, 9.17) is 28.5 Å². The van der Waals surface area contributed by atoms with E-state index < -0.39 is 77.1 Å². The van der Waals surface area contributed by atoms with E-state index in [0.717, 1.165) is 41.5 Å². The van der Waals surface area contributed by atoms with E-state index in [1.54, 1.807) is 25.8 Å². The zero-order valence-corrected chi connectivity index (χ0v) is 33.9. The lowest BCUT2D eigenvalue weighted by molar-refractivity contribution is -0.217. The van der Waals surface area contributed by atoms with Crippen LogP contribution in [0.15, 0.2) is 54.6 Å². The second-order valence-corrected chi connectivity index (χ2v) is 18.4. The van der Waals surface area contributed by atoms with Crippen LogP contribution in [0.1, 0.15) is 88.0 Å². The normalized spacial score (nSPS) is 32.8. The third-order valence-corrected chi connectivity index (χ3v) is 13.0. The summed E-state index contributed by atoms with van der Waals surface area (Å²) < 4.78 is 30.7. The van der Waals surface area contributed by atoms with Gasteiger partial charge in [-0.05, 0) is 74.6 Å². The lowest BCUT2D eigenvalue weighted by Gasteiger charge is -2.48. The van der Waals surface area contributed by atoms with E-state index in [1.807, 2.05) is 36.4 Å². The van der Waals surface area contributed by atoms with Crippen LogP contribution in [0.4, 0.5) is 0 Å². The van der Waals surface area contributed by atoms with E-state index in [-0.39, 0.29) is 45.4 Å². The van der Waals surface area contributed by atoms with Crippen molar-refractivity contribution in [2.75, 3.05) is 13.2 Å². The Kier molecular flexibility index (Phi) is 10.7. The van der Waals surface area contributed by atoms with Crippen molar-refractivity contribution >= 4 is 29.8 Å². The molecule has 59 heavy (non-hydrogen) atoms. The molecule has 4 heterocycles. The molecule has 3 N–H and O–H groups in total. The fourth-order valence-electron chi connectivity index (χ4n) is 10.2. The number of aliphatic hydroxyl groups excluding tert-OH is 1. The van der Waals surface area contributed by atoms with Crippen LogP contribution in [-0.2, 0) is 67.1 Å². The average molecular weight is 814 g/mol. The summed E-state index contributed by atoms with van der Waals surface area (Å²) in [7, 11) is 0. The van der Waals surface area contributed by atoms with Crippen LogP contribution in [-0.4, -0.2) is 107 Å². The van der Waals surface area contributed by atoms with Gasteiger partial charge in [0.25, 0.3) is 0 Å². The van der Waals surface area contributed by atoms with E-state index in [2.05, 4.69) is 34.9 Å². The number of epoxide rings is 1. The summed E-state index contributed by atoms with van der Waals surface area (Å²) in [5, 5.41) is 17.2. The van der Waals surface area contributed by atoms with Crippen molar-refractivity contribution in [1.82, 2.24) is 15.7 Å². The van der Waals surface area contributed by atoms with Gasteiger partial charge < -0.3 is 39.4 Å². The Morgan fingerprint density at radius 3 is 2.44 bits per heavy atom. The van der Waals surface area contributed by atoms with E-state index in [9.17, 15) is 24.3 Å². The molecule has 3 unspecified atom stereocenters. The summed E-state index contributed by atoms with van der Waals surface area (Å²) in [6, 6.07) is 14.4. The summed E-state index contributed by atoms with van der Waals surface area (Å²) in [6.45, 7) is 5.13. The van der Waals surface area contributed by atoms with Gasteiger partial charge in [0.1, 0.15) is 35.4 Å². The number of aliphatic hydroxyl groups is 1. The molecule has 2 aromatic carbocycles. The van der Waals surface area contributed by atoms with E-state index in [0.29, 0.717) is 31.0 Å². The SMILES string of the molecule is CC(C)(C)OC(=O)CC[C@@H](CO)NC(=O)CCNC(=O)[C@@]12C[C@H]3OC(=O)[C@@H]1N(Cc1ccc(C=CC4CCC5OC5C4)cc1)O[C@@H]2[C@H]1OC2(Cc4ccccc4C2)O[C@H]13. The highest BCUT2D eigenvalue weighted by Gasteiger charge is 2.76. The second-order valence-electron chi connectivity index (χ2n) is 18.4. The fourth-order valence-corrected chi connectivity index (χ4v) is 10.2. The monoisotopic (exact) mass is 813 g/mol. The second kappa shape index (κ2) is 15.7. The maximum atomic E-state index is 14.7. The highest BCUT2D eigenvalue weighted by molar-refractivity contribution is 5.94. The van der Waals surface area contributed by atoms with Crippen LogP contribution in [0.3, 0.4) is 0 Å². The summed E-state index contributed by atoms with van der Waals surface area (Å²) in [4.78, 5) is 60.8. The molecule has 316 valence electrons. The maximum absolute atomic E-state index is 14.7. The Bertz CT molecular complexity index is 1960. The Hall–Kier alpha value is -4.18. The van der Waals surface area contributed by atoms with Crippen molar-refractivity contribution in [2.24, 2.45) is 11.3 Å². The third-order valence-electron chi connectivity index (χ3n) is 13.0. The number of esters is 2. The molecule has 9 rings (SSSR count). The smallest absolute Gasteiger partial charge is 0.327 e. The quantitative estimate of drug-likeness (QED) is 0.199. The summed E-state index contributed by atoms with van der Waals surface area (Å²) in [6.07, 6.45) is 6.98. The van der Waals surface area contributed by atoms with Crippen LogP contribution in [0.5, 0.6) is 0 Å². The first kappa shape index (κ1) is 40.2. The predicted molar refractivity (Wildman–Crippen MR) is 211 cm³/mol.